The van der Waals surface area contributed by atoms with Crippen LogP contribution < -0.4 is 21.7 Å². The van der Waals surface area contributed by atoms with Crippen molar-refractivity contribution in [2.24, 2.45) is 0 Å². The highest BCUT2D eigenvalue weighted by Crippen LogP contribution is 2.24. The molecule has 5 N–H and O–H groups in total. The molecule has 0 radical (unpaired) electrons. The molecule has 1 unspecified atom stereocenters. The number of anilines is 3. The van der Waals surface area contributed by atoms with Gasteiger partial charge in [0.25, 0.3) is 5.91 Å². The summed E-state index contributed by atoms with van der Waals surface area (Å²) in [5.74, 6) is -0.330. The van der Waals surface area contributed by atoms with Crippen LogP contribution in [0, 0.1) is 0 Å². The molecular weight excluding hydrogens is 432 g/mol. The first kappa shape index (κ1) is 22.7. The number of carbonyl (C=O) groups is 2. The van der Waals surface area contributed by atoms with Gasteiger partial charge < -0.3 is 26.6 Å². The monoisotopic (exact) mass is 458 g/mol. The Balaban J connectivity index is 1.67. The first-order chi connectivity index (χ1) is 14.9. The van der Waals surface area contributed by atoms with Crippen LogP contribution in [0.5, 0.6) is 0 Å². The molecule has 0 spiro atoms. The number of thiophene rings is 2. The van der Waals surface area contributed by atoms with E-state index in [1.807, 2.05) is 37.0 Å². The fourth-order valence-corrected chi connectivity index (χ4v) is 4.20. The van der Waals surface area contributed by atoms with Crippen LogP contribution in [-0.4, -0.2) is 42.5 Å². The fraction of sp³-hybridized carbons (Fsp3) is 0.286. The first-order valence-corrected chi connectivity index (χ1v) is 11.6. The Morgan fingerprint density at radius 2 is 1.97 bits per heavy atom. The molecule has 0 aliphatic carbocycles. The van der Waals surface area contributed by atoms with Gasteiger partial charge in [0.2, 0.25) is 0 Å². The van der Waals surface area contributed by atoms with Crippen LogP contribution in [0.3, 0.4) is 0 Å². The van der Waals surface area contributed by atoms with Gasteiger partial charge in [-0.05, 0) is 56.6 Å². The molecule has 0 fully saturated rings. The highest BCUT2D eigenvalue weighted by Gasteiger charge is 2.17. The number of aromatic nitrogens is 1. The van der Waals surface area contributed by atoms with E-state index >= 15 is 0 Å². The Bertz CT molecular complexity index is 986. The van der Waals surface area contributed by atoms with Crippen LogP contribution in [0.2, 0.25) is 0 Å². The lowest BCUT2D eigenvalue weighted by Gasteiger charge is -2.20. The van der Waals surface area contributed by atoms with Crippen LogP contribution in [0.4, 0.5) is 21.9 Å². The topological polar surface area (TPSA) is 112 Å². The molecule has 31 heavy (non-hydrogen) atoms. The number of urea groups is 1. The van der Waals surface area contributed by atoms with E-state index in [9.17, 15) is 9.59 Å². The number of amides is 3. The summed E-state index contributed by atoms with van der Waals surface area (Å²) in [4.78, 5) is 31.3. The average Bonchev–Trinajstić information content (AvgIpc) is 3.39. The van der Waals surface area contributed by atoms with Crippen molar-refractivity contribution in [1.82, 2.24) is 15.2 Å². The minimum absolute atomic E-state index is 0.226. The zero-order valence-corrected chi connectivity index (χ0v) is 19.1. The smallest absolute Gasteiger partial charge is 0.319 e. The van der Waals surface area contributed by atoms with Crippen molar-refractivity contribution in [3.8, 4) is 0 Å². The van der Waals surface area contributed by atoms with E-state index in [-0.39, 0.29) is 23.7 Å². The van der Waals surface area contributed by atoms with Gasteiger partial charge in [0, 0.05) is 22.3 Å². The second-order valence-electron chi connectivity index (χ2n) is 7.28. The maximum Gasteiger partial charge on any atom is 0.319 e. The molecule has 10 heteroatoms. The third-order valence-corrected chi connectivity index (χ3v) is 5.99. The standard InChI is InChI=1S/C21H26N6O2S2/c1-27(2)8-3-4-17(26-21(29)24-15-7-9-30-11-15)14-5-6-18(23-10-14)20(28)25-19-13-31-12-16(19)22/h5-7,9-13,17H,3-4,8,22H2,1-2H3,(H,25,28)(H2,24,26,29). The highest BCUT2D eigenvalue weighted by molar-refractivity contribution is 7.09. The molecule has 0 bridgehead atoms. The van der Waals surface area contributed by atoms with Crippen LogP contribution in [0.25, 0.3) is 0 Å². The van der Waals surface area contributed by atoms with E-state index in [1.54, 1.807) is 23.0 Å². The number of hydrogen-bond acceptors (Lipinski definition) is 7. The predicted molar refractivity (Wildman–Crippen MR) is 128 cm³/mol. The van der Waals surface area contributed by atoms with Crippen LogP contribution in [-0.2, 0) is 0 Å². The summed E-state index contributed by atoms with van der Waals surface area (Å²) < 4.78 is 0. The molecule has 8 nitrogen and oxygen atoms in total. The molecule has 0 aliphatic rings. The zero-order valence-electron chi connectivity index (χ0n) is 17.4. The number of carbonyl (C=O) groups excluding carboxylic acids is 2. The Morgan fingerprint density at radius 1 is 1.13 bits per heavy atom. The van der Waals surface area contributed by atoms with E-state index < -0.39 is 0 Å². The second kappa shape index (κ2) is 10.9. The molecule has 164 valence electrons. The minimum Gasteiger partial charge on any atom is -0.396 e. The summed E-state index contributed by atoms with van der Waals surface area (Å²) in [7, 11) is 4.03. The summed E-state index contributed by atoms with van der Waals surface area (Å²) in [5, 5.41) is 15.9. The lowest BCUT2D eigenvalue weighted by Crippen LogP contribution is -2.33. The van der Waals surface area contributed by atoms with Crippen molar-refractivity contribution in [3.63, 3.8) is 0 Å². The van der Waals surface area contributed by atoms with Gasteiger partial charge in [0.05, 0.1) is 23.1 Å². The average molecular weight is 459 g/mol. The summed E-state index contributed by atoms with van der Waals surface area (Å²) in [6, 6.07) is 4.83. The second-order valence-corrected chi connectivity index (χ2v) is 8.80. The van der Waals surface area contributed by atoms with Gasteiger partial charge in [-0.1, -0.05) is 6.07 Å². The fourth-order valence-electron chi connectivity index (χ4n) is 2.94. The van der Waals surface area contributed by atoms with Gasteiger partial charge in [-0.2, -0.15) is 11.3 Å². The third-order valence-electron chi connectivity index (χ3n) is 4.54. The number of pyridine rings is 1. The van der Waals surface area contributed by atoms with Crippen molar-refractivity contribution >= 4 is 51.7 Å². The van der Waals surface area contributed by atoms with E-state index in [4.69, 9.17) is 5.73 Å². The number of nitrogens with one attached hydrogen (secondary N) is 3. The van der Waals surface area contributed by atoms with Crippen molar-refractivity contribution in [3.05, 3.63) is 57.2 Å². The van der Waals surface area contributed by atoms with Gasteiger partial charge in [-0.15, -0.1) is 11.3 Å². The molecule has 0 aromatic carbocycles. The number of rotatable bonds is 9. The molecule has 0 aliphatic heterocycles. The van der Waals surface area contributed by atoms with E-state index in [2.05, 4.69) is 25.8 Å². The van der Waals surface area contributed by atoms with Gasteiger partial charge in [0.1, 0.15) is 5.69 Å². The lowest BCUT2D eigenvalue weighted by molar-refractivity contribution is 0.102. The Hall–Kier alpha value is -2.95. The number of hydrogen-bond donors (Lipinski definition) is 4. The molecule has 3 aromatic rings. The van der Waals surface area contributed by atoms with Gasteiger partial charge in [-0.3, -0.25) is 9.78 Å². The molecule has 1 atom stereocenters. The number of nitrogen functional groups attached to an aromatic ring is 1. The number of nitrogens with two attached hydrogens (primary N) is 1. The highest BCUT2D eigenvalue weighted by atomic mass is 32.1. The zero-order chi connectivity index (χ0) is 22.2. The van der Waals surface area contributed by atoms with Crippen LogP contribution in [0.15, 0.2) is 45.9 Å². The van der Waals surface area contributed by atoms with Crippen LogP contribution >= 0.6 is 22.7 Å². The summed E-state index contributed by atoms with van der Waals surface area (Å²) in [6.45, 7) is 0.903. The molecule has 3 heterocycles. The van der Waals surface area contributed by atoms with E-state index in [1.165, 1.54) is 22.7 Å². The van der Waals surface area contributed by atoms with Crippen molar-refractivity contribution < 1.29 is 9.59 Å². The van der Waals surface area contributed by atoms with Gasteiger partial charge >= 0.3 is 6.03 Å². The molecule has 3 amide bonds. The van der Waals surface area contributed by atoms with E-state index in [0.717, 1.165) is 30.6 Å². The summed E-state index contributed by atoms with van der Waals surface area (Å²) >= 11 is 2.93. The largest absolute Gasteiger partial charge is 0.396 e. The molecular formula is C21H26N6O2S2. The Kier molecular flexibility index (Phi) is 7.99. The quantitative estimate of drug-likeness (QED) is 0.383. The Labute approximate surface area is 189 Å². The van der Waals surface area contributed by atoms with E-state index in [0.29, 0.717) is 11.4 Å². The van der Waals surface area contributed by atoms with Crippen molar-refractivity contribution in [2.75, 3.05) is 37.0 Å². The van der Waals surface area contributed by atoms with Gasteiger partial charge in [-0.25, -0.2) is 4.79 Å². The van der Waals surface area contributed by atoms with Crippen LogP contribution in [0.1, 0.15) is 34.9 Å². The van der Waals surface area contributed by atoms with Gasteiger partial charge in [0.15, 0.2) is 0 Å². The maximum absolute atomic E-state index is 12.5. The molecule has 0 saturated carbocycles. The van der Waals surface area contributed by atoms with Crippen molar-refractivity contribution in [1.29, 1.82) is 0 Å². The molecule has 3 rings (SSSR count). The number of nitrogens with zero attached hydrogens (tertiary/aromatic N) is 2. The SMILES string of the molecule is CN(C)CCCC(NC(=O)Nc1ccsc1)c1ccc(C(=O)Nc2cscc2N)nc1. The molecule has 0 saturated heterocycles. The Morgan fingerprint density at radius 3 is 2.58 bits per heavy atom. The summed E-state index contributed by atoms with van der Waals surface area (Å²) in [5.41, 5.74) is 8.80. The molecule has 3 aromatic heterocycles. The normalized spacial score (nSPS) is 11.8. The first-order valence-electron chi connectivity index (χ1n) is 9.76. The predicted octanol–water partition coefficient (Wildman–Crippen LogP) is 4.24. The maximum atomic E-state index is 12.5. The third kappa shape index (κ3) is 6.78. The summed E-state index contributed by atoms with van der Waals surface area (Å²) in [6.07, 6.45) is 3.28. The lowest BCUT2D eigenvalue weighted by atomic mass is 10.0. The minimum atomic E-state index is -0.330. The van der Waals surface area contributed by atoms with Crippen molar-refractivity contribution in [2.45, 2.75) is 18.9 Å².